The number of carbonyl (C=O) groups is 1. The average Bonchev–Trinajstić information content (AvgIpc) is 2.63. The number of aryl methyl sites for hydroxylation is 1. The van der Waals surface area contributed by atoms with Crippen molar-refractivity contribution in [2.24, 2.45) is 0 Å². The fraction of sp³-hybridized carbons (Fsp3) is 0.706. The summed E-state index contributed by atoms with van der Waals surface area (Å²) in [6.07, 6.45) is 3.59. The van der Waals surface area contributed by atoms with E-state index >= 15 is 0 Å². The maximum absolute atomic E-state index is 12.4. The van der Waals surface area contributed by atoms with E-state index in [9.17, 15) is 4.79 Å². The summed E-state index contributed by atoms with van der Waals surface area (Å²) in [5, 5.41) is 2.97. The van der Waals surface area contributed by atoms with Crippen molar-refractivity contribution in [3.63, 3.8) is 0 Å². The van der Waals surface area contributed by atoms with Gasteiger partial charge in [0.25, 0.3) is 5.91 Å². The summed E-state index contributed by atoms with van der Waals surface area (Å²) in [4.78, 5) is 25.9. The van der Waals surface area contributed by atoms with Crippen LogP contribution in [-0.4, -0.2) is 73.3 Å². The van der Waals surface area contributed by atoms with Gasteiger partial charge in [0.1, 0.15) is 5.69 Å². The number of aromatic nitrogens is 2. The molecular weight excluding hydrogens is 306 g/mol. The van der Waals surface area contributed by atoms with Crippen LogP contribution in [0.2, 0.25) is 0 Å². The van der Waals surface area contributed by atoms with Crippen LogP contribution >= 0.6 is 0 Å². The molecule has 2 fully saturated rings. The second-order valence-electron chi connectivity index (χ2n) is 6.45. The minimum Gasteiger partial charge on any atom is -0.379 e. The van der Waals surface area contributed by atoms with Gasteiger partial charge in [-0.25, -0.2) is 9.97 Å². The van der Waals surface area contributed by atoms with E-state index in [1.165, 1.54) is 19.3 Å². The number of rotatable bonds is 5. The summed E-state index contributed by atoms with van der Waals surface area (Å²) >= 11 is 0. The van der Waals surface area contributed by atoms with Crippen LogP contribution in [0.3, 0.4) is 0 Å². The van der Waals surface area contributed by atoms with Crippen molar-refractivity contribution >= 4 is 11.9 Å². The molecule has 0 aliphatic carbocycles. The van der Waals surface area contributed by atoms with Crippen molar-refractivity contribution in [1.29, 1.82) is 0 Å². The number of nitrogens with zero attached hydrogens (tertiary/aromatic N) is 4. The lowest BCUT2D eigenvalue weighted by Gasteiger charge is -2.27. The van der Waals surface area contributed by atoms with E-state index < -0.39 is 0 Å². The zero-order chi connectivity index (χ0) is 16.8. The lowest BCUT2D eigenvalue weighted by Crippen LogP contribution is -2.41. The number of ether oxygens (including phenoxy) is 1. The van der Waals surface area contributed by atoms with Crippen LogP contribution in [0.1, 0.15) is 35.4 Å². The fourth-order valence-electron chi connectivity index (χ4n) is 3.15. The summed E-state index contributed by atoms with van der Waals surface area (Å²) in [6.45, 7) is 8.75. The highest BCUT2D eigenvalue weighted by Gasteiger charge is 2.17. The third kappa shape index (κ3) is 4.64. The lowest BCUT2D eigenvalue weighted by atomic mass is 10.1. The maximum atomic E-state index is 12.4. The van der Waals surface area contributed by atoms with E-state index in [0.29, 0.717) is 18.2 Å². The third-order valence-corrected chi connectivity index (χ3v) is 4.53. The highest BCUT2D eigenvalue weighted by molar-refractivity contribution is 5.92. The fourth-order valence-corrected chi connectivity index (χ4v) is 3.15. The lowest BCUT2D eigenvalue weighted by molar-refractivity contribution is 0.0383. The first kappa shape index (κ1) is 17.1. The number of piperidine rings is 1. The van der Waals surface area contributed by atoms with E-state index in [-0.39, 0.29) is 5.91 Å². The Balaban J connectivity index is 1.56. The van der Waals surface area contributed by atoms with Gasteiger partial charge in [0.2, 0.25) is 5.95 Å². The normalized spacial score (nSPS) is 19.3. The van der Waals surface area contributed by atoms with Gasteiger partial charge in [-0.1, -0.05) is 0 Å². The molecule has 7 nitrogen and oxygen atoms in total. The molecule has 2 aliphatic heterocycles. The molecule has 132 valence electrons. The van der Waals surface area contributed by atoms with Crippen LogP contribution in [0, 0.1) is 6.92 Å². The first-order valence-electron chi connectivity index (χ1n) is 8.91. The monoisotopic (exact) mass is 333 g/mol. The number of amides is 1. The number of nitrogens with one attached hydrogen (secondary N) is 1. The van der Waals surface area contributed by atoms with E-state index in [4.69, 9.17) is 4.74 Å². The van der Waals surface area contributed by atoms with Gasteiger partial charge in [0.15, 0.2) is 0 Å². The number of morpholine rings is 1. The Hall–Kier alpha value is -1.73. The van der Waals surface area contributed by atoms with Gasteiger partial charge < -0.3 is 15.0 Å². The molecule has 7 heteroatoms. The van der Waals surface area contributed by atoms with Crippen molar-refractivity contribution in [1.82, 2.24) is 20.2 Å². The zero-order valence-electron chi connectivity index (χ0n) is 14.5. The SMILES string of the molecule is Cc1cc(C(=O)NCCN2CCOCC2)nc(N2CCCCC2)n1. The molecule has 24 heavy (non-hydrogen) atoms. The van der Waals surface area contributed by atoms with Crippen LogP contribution in [-0.2, 0) is 4.74 Å². The quantitative estimate of drug-likeness (QED) is 0.861. The Kier molecular flexibility index (Phi) is 5.98. The predicted octanol–water partition coefficient (Wildman–Crippen LogP) is 0.837. The molecule has 1 amide bonds. The van der Waals surface area contributed by atoms with Crippen molar-refractivity contribution in [3.8, 4) is 0 Å². The molecule has 1 aromatic heterocycles. The first-order chi connectivity index (χ1) is 11.7. The number of anilines is 1. The molecular formula is C17H27N5O2. The molecule has 0 radical (unpaired) electrons. The number of hydrogen-bond donors (Lipinski definition) is 1. The highest BCUT2D eigenvalue weighted by atomic mass is 16.5. The molecule has 0 saturated carbocycles. The zero-order valence-corrected chi connectivity index (χ0v) is 14.5. The second-order valence-corrected chi connectivity index (χ2v) is 6.45. The van der Waals surface area contributed by atoms with Crippen LogP contribution in [0.5, 0.6) is 0 Å². The van der Waals surface area contributed by atoms with Crippen LogP contribution in [0.4, 0.5) is 5.95 Å². The third-order valence-electron chi connectivity index (χ3n) is 4.53. The van der Waals surface area contributed by atoms with Gasteiger partial charge >= 0.3 is 0 Å². The van der Waals surface area contributed by atoms with E-state index in [1.54, 1.807) is 6.07 Å². The highest BCUT2D eigenvalue weighted by Crippen LogP contribution is 2.16. The Labute approximate surface area is 143 Å². The summed E-state index contributed by atoms with van der Waals surface area (Å²) in [7, 11) is 0. The summed E-state index contributed by atoms with van der Waals surface area (Å²) in [5.74, 6) is 0.569. The molecule has 0 bridgehead atoms. The molecule has 1 aromatic rings. The number of hydrogen-bond acceptors (Lipinski definition) is 6. The molecule has 3 heterocycles. The molecule has 0 spiro atoms. The molecule has 0 aromatic carbocycles. The molecule has 2 aliphatic rings. The molecule has 0 atom stereocenters. The van der Waals surface area contributed by atoms with Gasteiger partial charge in [-0.2, -0.15) is 0 Å². The van der Waals surface area contributed by atoms with Crippen molar-refractivity contribution in [2.45, 2.75) is 26.2 Å². The largest absolute Gasteiger partial charge is 0.379 e. The van der Waals surface area contributed by atoms with Crippen LogP contribution in [0.15, 0.2) is 6.07 Å². The average molecular weight is 333 g/mol. The minimum absolute atomic E-state index is 0.119. The minimum atomic E-state index is -0.119. The van der Waals surface area contributed by atoms with E-state index in [0.717, 1.165) is 51.6 Å². The van der Waals surface area contributed by atoms with Crippen LogP contribution < -0.4 is 10.2 Å². The molecule has 1 N–H and O–H groups in total. The number of carbonyl (C=O) groups excluding carboxylic acids is 1. The summed E-state index contributed by atoms with van der Waals surface area (Å²) in [6, 6.07) is 1.76. The van der Waals surface area contributed by atoms with Crippen LogP contribution in [0.25, 0.3) is 0 Å². The van der Waals surface area contributed by atoms with Gasteiger partial charge in [-0.15, -0.1) is 0 Å². The first-order valence-corrected chi connectivity index (χ1v) is 8.91. The molecule has 2 saturated heterocycles. The van der Waals surface area contributed by atoms with E-state index in [1.807, 2.05) is 6.92 Å². The smallest absolute Gasteiger partial charge is 0.270 e. The summed E-state index contributed by atoms with van der Waals surface area (Å²) in [5.41, 5.74) is 1.30. The molecule has 0 unspecified atom stereocenters. The second kappa shape index (κ2) is 8.39. The maximum Gasteiger partial charge on any atom is 0.270 e. The standard InChI is InChI=1S/C17H27N5O2/c1-14-13-15(20-17(19-14)22-6-3-2-4-7-22)16(23)18-5-8-21-9-11-24-12-10-21/h13H,2-12H2,1H3,(H,18,23). The Morgan fingerprint density at radius 2 is 1.92 bits per heavy atom. The molecule has 3 rings (SSSR count). The topological polar surface area (TPSA) is 70.6 Å². The predicted molar refractivity (Wildman–Crippen MR) is 92.4 cm³/mol. The van der Waals surface area contributed by atoms with Crippen molar-refractivity contribution in [2.75, 3.05) is 57.4 Å². The summed E-state index contributed by atoms with van der Waals surface area (Å²) < 4.78 is 5.33. The van der Waals surface area contributed by atoms with Gasteiger partial charge in [-0.05, 0) is 32.3 Å². The van der Waals surface area contributed by atoms with Gasteiger partial charge in [0, 0.05) is 45.0 Å². The van der Waals surface area contributed by atoms with E-state index in [2.05, 4.69) is 25.1 Å². The van der Waals surface area contributed by atoms with Gasteiger partial charge in [0.05, 0.1) is 13.2 Å². The Morgan fingerprint density at radius 3 is 2.67 bits per heavy atom. The van der Waals surface area contributed by atoms with Crippen molar-refractivity contribution in [3.05, 3.63) is 17.5 Å². The van der Waals surface area contributed by atoms with Gasteiger partial charge in [-0.3, -0.25) is 9.69 Å². The Bertz CT molecular complexity index is 554. The van der Waals surface area contributed by atoms with Crippen molar-refractivity contribution < 1.29 is 9.53 Å². The Morgan fingerprint density at radius 1 is 1.17 bits per heavy atom.